The lowest BCUT2D eigenvalue weighted by molar-refractivity contribution is -0.739. The molecule has 8 heteroatoms. The van der Waals surface area contributed by atoms with Crippen molar-refractivity contribution in [3.8, 4) is 11.3 Å². The predicted molar refractivity (Wildman–Crippen MR) is 118 cm³/mol. The summed E-state index contributed by atoms with van der Waals surface area (Å²) in [4.78, 5) is 19.4. The predicted octanol–water partition coefficient (Wildman–Crippen LogP) is 2.85. The standard InChI is InChI=1S/C23H35FN5O2/c1-5-8-9-21(23(30)27(6-2)7-3)29-14-12-28(13-15-29)20-11-10-18(16-19(20)24)22-17-26(4)25-31-22/h10-11,16-17,21H,5-9,12-15H2,1-4H3/q+1. The van der Waals surface area contributed by atoms with Crippen molar-refractivity contribution in [2.24, 2.45) is 7.05 Å². The molecule has 0 N–H and O–H groups in total. The Labute approximate surface area is 184 Å². The first-order valence-corrected chi connectivity index (χ1v) is 11.4. The Morgan fingerprint density at radius 3 is 2.48 bits per heavy atom. The van der Waals surface area contributed by atoms with E-state index in [2.05, 4.69) is 22.0 Å². The van der Waals surface area contributed by atoms with Crippen LogP contribution in [0.3, 0.4) is 0 Å². The van der Waals surface area contributed by atoms with E-state index in [0.717, 1.165) is 45.4 Å². The van der Waals surface area contributed by atoms with Crippen LogP contribution in [0.25, 0.3) is 11.3 Å². The normalized spacial score (nSPS) is 15.8. The molecule has 31 heavy (non-hydrogen) atoms. The number of hydrogen-bond donors (Lipinski definition) is 0. The summed E-state index contributed by atoms with van der Waals surface area (Å²) >= 11 is 0. The quantitative estimate of drug-likeness (QED) is 0.571. The summed E-state index contributed by atoms with van der Waals surface area (Å²) in [6, 6.07) is 5.08. The Balaban J connectivity index is 1.67. The fourth-order valence-corrected chi connectivity index (χ4v) is 4.25. The number of aryl methyl sites for hydroxylation is 1. The van der Waals surface area contributed by atoms with Crippen molar-refractivity contribution < 1.29 is 18.4 Å². The molecular formula is C23H35FN5O2+. The number of halogens is 1. The zero-order chi connectivity index (χ0) is 22.4. The highest BCUT2D eigenvalue weighted by molar-refractivity contribution is 5.82. The third-order valence-corrected chi connectivity index (χ3v) is 6.09. The highest BCUT2D eigenvalue weighted by Crippen LogP contribution is 2.27. The molecule has 2 heterocycles. The molecule has 0 radical (unpaired) electrons. The molecule has 1 saturated heterocycles. The monoisotopic (exact) mass is 432 g/mol. The summed E-state index contributed by atoms with van der Waals surface area (Å²) < 4.78 is 21.7. The van der Waals surface area contributed by atoms with Crippen LogP contribution >= 0.6 is 0 Å². The number of amides is 1. The summed E-state index contributed by atoms with van der Waals surface area (Å²) in [6.45, 7) is 10.6. The molecule has 2 aromatic rings. The zero-order valence-electron chi connectivity index (χ0n) is 19.2. The SMILES string of the molecule is CCCCC(C(=O)N(CC)CC)N1CCN(c2ccc(-c3c[n+](C)no3)cc2F)CC1. The number of aromatic nitrogens is 2. The molecule has 1 aliphatic rings. The van der Waals surface area contributed by atoms with Crippen LogP contribution in [0.2, 0.25) is 0 Å². The molecule has 1 unspecified atom stereocenters. The first kappa shape index (κ1) is 23.2. The zero-order valence-corrected chi connectivity index (χ0v) is 19.2. The van der Waals surface area contributed by atoms with E-state index >= 15 is 0 Å². The minimum atomic E-state index is -0.272. The number of benzene rings is 1. The molecule has 3 rings (SSSR count). The molecule has 7 nitrogen and oxygen atoms in total. The van der Waals surface area contributed by atoms with Crippen molar-refractivity contribution in [3.05, 3.63) is 30.2 Å². The highest BCUT2D eigenvalue weighted by Gasteiger charge is 2.31. The molecular weight excluding hydrogens is 397 g/mol. The van der Waals surface area contributed by atoms with Crippen LogP contribution in [0.5, 0.6) is 0 Å². The van der Waals surface area contributed by atoms with Crippen LogP contribution in [0.1, 0.15) is 40.0 Å². The van der Waals surface area contributed by atoms with E-state index in [1.807, 2.05) is 24.8 Å². The fraction of sp³-hybridized carbons (Fsp3) is 0.609. The Hall–Kier alpha value is -2.48. The minimum Gasteiger partial charge on any atom is -0.367 e. The average Bonchev–Trinajstić information content (AvgIpc) is 3.22. The van der Waals surface area contributed by atoms with Gasteiger partial charge in [0.25, 0.3) is 0 Å². The number of carbonyl (C=O) groups excluding carboxylic acids is 1. The van der Waals surface area contributed by atoms with Crippen molar-refractivity contribution in [3.63, 3.8) is 0 Å². The lowest BCUT2D eigenvalue weighted by Gasteiger charge is -2.41. The number of carbonyl (C=O) groups is 1. The number of unbranched alkanes of at least 4 members (excludes halogenated alkanes) is 1. The molecule has 0 saturated carbocycles. The van der Waals surface area contributed by atoms with Crippen LogP contribution in [-0.4, -0.2) is 66.3 Å². The van der Waals surface area contributed by atoms with E-state index in [1.165, 1.54) is 6.07 Å². The van der Waals surface area contributed by atoms with Crippen LogP contribution in [0, 0.1) is 5.82 Å². The second-order valence-corrected chi connectivity index (χ2v) is 8.10. The van der Waals surface area contributed by atoms with Crippen LogP contribution in [0.15, 0.2) is 28.9 Å². The average molecular weight is 433 g/mol. The lowest BCUT2D eigenvalue weighted by Crippen LogP contribution is -2.55. The molecule has 1 fully saturated rings. The van der Waals surface area contributed by atoms with Crippen molar-refractivity contribution in [2.75, 3.05) is 44.2 Å². The van der Waals surface area contributed by atoms with Gasteiger partial charge in [0.2, 0.25) is 17.9 Å². The number of rotatable bonds is 9. The number of anilines is 1. The third-order valence-electron chi connectivity index (χ3n) is 6.09. The first-order chi connectivity index (χ1) is 15.0. The van der Waals surface area contributed by atoms with Gasteiger partial charge in [0, 0.05) is 44.8 Å². The summed E-state index contributed by atoms with van der Waals surface area (Å²) in [7, 11) is 1.76. The second kappa shape index (κ2) is 10.7. The van der Waals surface area contributed by atoms with Gasteiger partial charge >= 0.3 is 0 Å². The maximum Gasteiger partial charge on any atom is 0.245 e. The fourth-order valence-electron chi connectivity index (χ4n) is 4.25. The molecule has 1 aromatic heterocycles. The van der Waals surface area contributed by atoms with Gasteiger partial charge in [-0.2, -0.15) is 0 Å². The Morgan fingerprint density at radius 1 is 1.23 bits per heavy atom. The van der Waals surface area contributed by atoms with E-state index in [4.69, 9.17) is 4.52 Å². The number of nitrogens with zero attached hydrogens (tertiary/aromatic N) is 5. The van der Waals surface area contributed by atoms with Crippen molar-refractivity contribution in [1.29, 1.82) is 0 Å². The van der Waals surface area contributed by atoms with Gasteiger partial charge in [-0.15, -0.1) is 0 Å². The van der Waals surface area contributed by atoms with Gasteiger partial charge in [-0.1, -0.05) is 24.4 Å². The molecule has 1 aliphatic heterocycles. The Kier molecular flexibility index (Phi) is 8.01. The summed E-state index contributed by atoms with van der Waals surface area (Å²) in [5.41, 5.74) is 1.25. The van der Waals surface area contributed by atoms with Crippen molar-refractivity contribution in [1.82, 2.24) is 15.1 Å². The van der Waals surface area contributed by atoms with Crippen molar-refractivity contribution in [2.45, 2.75) is 46.1 Å². The third kappa shape index (κ3) is 5.42. The van der Waals surface area contributed by atoms with Crippen LogP contribution in [-0.2, 0) is 11.8 Å². The topological polar surface area (TPSA) is 56.7 Å². The largest absolute Gasteiger partial charge is 0.367 e. The van der Waals surface area contributed by atoms with Gasteiger partial charge in [-0.3, -0.25) is 9.69 Å². The molecule has 170 valence electrons. The van der Waals surface area contributed by atoms with Crippen molar-refractivity contribution >= 4 is 11.6 Å². The second-order valence-electron chi connectivity index (χ2n) is 8.10. The number of piperazine rings is 1. The van der Waals surface area contributed by atoms with E-state index < -0.39 is 0 Å². The molecule has 0 bridgehead atoms. The van der Waals surface area contributed by atoms with Crippen LogP contribution < -0.4 is 9.58 Å². The Morgan fingerprint density at radius 2 is 1.94 bits per heavy atom. The molecule has 0 aliphatic carbocycles. The minimum absolute atomic E-state index is 0.0820. The summed E-state index contributed by atoms with van der Waals surface area (Å²) in [6.07, 6.45) is 4.70. The summed E-state index contributed by atoms with van der Waals surface area (Å²) in [5, 5.41) is 3.79. The van der Waals surface area contributed by atoms with E-state index in [9.17, 15) is 9.18 Å². The van der Waals surface area contributed by atoms with Crippen LogP contribution in [0.4, 0.5) is 10.1 Å². The van der Waals surface area contributed by atoms with Gasteiger partial charge in [-0.05, 0) is 38.5 Å². The lowest BCUT2D eigenvalue weighted by atomic mass is 10.0. The van der Waals surface area contributed by atoms with E-state index in [0.29, 0.717) is 30.1 Å². The smallest absolute Gasteiger partial charge is 0.245 e. The Bertz CT molecular complexity index is 859. The first-order valence-electron chi connectivity index (χ1n) is 11.4. The van der Waals surface area contributed by atoms with Gasteiger partial charge in [-0.25, -0.2) is 4.39 Å². The number of hydrogen-bond acceptors (Lipinski definition) is 5. The molecule has 1 amide bonds. The molecule has 0 spiro atoms. The molecule has 1 aromatic carbocycles. The van der Waals surface area contributed by atoms with Gasteiger partial charge in [0.05, 0.1) is 11.7 Å². The van der Waals surface area contributed by atoms with Gasteiger partial charge < -0.3 is 14.3 Å². The van der Waals surface area contributed by atoms with E-state index in [1.54, 1.807) is 24.0 Å². The number of likely N-dealkylation sites (N-methyl/N-ethyl adjacent to an activating group) is 1. The molecule has 1 atom stereocenters. The van der Waals surface area contributed by atoms with Gasteiger partial charge in [0.1, 0.15) is 5.82 Å². The van der Waals surface area contributed by atoms with E-state index in [-0.39, 0.29) is 17.8 Å². The maximum absolute atomic E-state index is 14.9. The van der Waals surface area contributed by atoms with Gasteiger partial charge in [0.15, 0.2) is 12.3 Å². The maximum atomic E-state index is 14.9. The highest BCUT2D eigenvalue weighted by atomic mass is 19.1. The summed E-state index contributed by atoms with van der Waals surface area (Å²) in [5.74, 6) is 0.487.